The summed E-state index contributed by atoms with van der Waals surface area (Å²) in [6, 6.07) is 18.0. The summed E-state index contributed by atoms with van der Waals surface area (Å²) in [5.41, 5.74) is 9.77. The number of benzene rings is 2. The number of hydrogen-bond donors (Lipinski definition) is 2. The van der Waals surface area contributed by atoms with E-state index in [0.717, 1.165) is 44.4 Å². The molecule has 2 aromatic heterocycles. The molecule has 5 heteroatoms. The van der Waals surface area contributed by atoms with Crippen LogP contribution in [0.5, 0.6) is 0 Å². The zero-order valence-corrected chi connectivity index (χ0v) is 14.0. The Balaban J connectivity index is 1.87. The third kappa shape index (κ3) is 2.70. The first-order chi connectivity index (χ1) is 11.7. The molecule has 0 saturated heterocycles. The third-order valence-corrected chi connectivity index (χ3v) is 4.68. The van der Waals surface area contributed by atoms with Crippen molar-refractivity contribution in [3.8, 4) is 11.1 Å². The highest BCUT2D eigenvalue weighted by Crippen LogP contribution is 2.37. The van der Waals surface area contributed by atoms with Gasteiger partial charge in [-0.2, -0.15) is 0 Å². The predicted octanol–water partition coefficient (Wildman–Crippen LogP) is 4.99. The standard InChI is InChI=1S/C19H16N4S/c1-12-21-18(23-15-9-7-14(20)8-10-15)17-16(11-24-19(17)22-12)13-5-3-2-4-6-13/h2-11H,20H2,1H3,(H,21,22,23). The summed E-state index contributed by atoms with van der Waals surface area (Å²) in [5.74, 6) is 1.57. The Hall–Kier alpha value is -2.92. The van der Waals surface area contributed by atoms with Crippen LogP contribution < -0.4 is 11.1 Å². The minimum atomic E-state index is 0.741. The van der Waals surface area contributed by atoms with Crippen molar-refractivity contribution in [2.45, 2.75) is 6.92 Å². The fraction of sp³-hybridized carbons (Fsp3) is 0.0526. The number of anilines is 3. The fourth-order valence-electron chi connectivity index (χ4n) is 2.67. The maximum absolute atomic E-state index is 5.77. The van der Waals surface area contributed by atoms with E-state index in [1.807, 2.05) is 49.4 Å². The van der Waals surface area contributed by atoms with Crippen LogP contribution in [0.25, 0.3) is 21.3 Å². The van der Waals surface area contributed by atoms with Crippen molar-refractivity contribution in [3.63, 3.8) is 0 Å². The SMILES string of the molecule is Cc1nc(Nc2ccc(N)cc2)c2c(-c3ccccc3)csc2n1. The van der Waals surface area contributed by atoms with E-state index in [0.29, 0.717) is 0 Å². The van der Waals surface area contributed by atoms with E-state index in [-0.39, 0.29) is 0 Å². The molecule has 0 radical (unpaired) electrons. The summed E-state index contributed by atoms with van der Waals surface area (Å²) in [6.45, 7) is 1.91. The Labute approximate surface area is 144 Å². The molecule has 0 saturated carbocycles. The highest BCUT2D eigenvalue weighted by Gasteiger charge is 2.14. The van der Waals surface area contributed by atoms with Crippen molar-refractivity contribution in [3.05, 3.63) is 65.8 Å². The van der Waals surface area contributed by atoms with Crippen LogP contribution in [-0.2, 0) is 0 Å². The number of fused-ring (bicyclic) bond motifs is 1. The lowest BCUT2D eigenvalue weighted by Crippen LogP contribution is -1.98. The van der Waals surface area contributed by atoms with Gasteiger partial charge in [-0.1, -0.05) is 30.3 Å². The largest absolute Gasteiger partial charge is 0.399 e. The van der Waals surface area contributed by atoms with Gasteiger partial charge in [0.15, 0.2) is 0 Å². The van der Waals surface area contributed by atoms with Crippen LogP contribution in [0.3, 0.4) is 0 Å². The first-order valence-corrected chi connectivity index (χ1v) is 8.52. The molecule has 4 aromatic rings. The number of aromatic nitrogens is 2. The number of nitrogen functional groups attached to an aromatic ring is 1. The van der Waals surface area contributed by atoms with Crippen LogP contribution in [0.2, 0.25) is 0 Å². The van der Waals surface area contributed by atoms with Gasteiger partial charge in [0.2, 0.25) is 0 Å². The quantitative estimate of drug-likeness (QED) is 0.519. The second kappa shape index (κ2) is 5.94. The minimum absolute atomic E-state index is 0.741. The van der Waals surface area contributed by atoms with E-state index in [2.05, 4.69) is 32.8 Å². The Bertz CT molecular complexity index is 991. The third-order valence-electron chi connectivity index (χ3n) is 3.80. The first kappa shape index (κ1) is 14.7. The summed E-state index contributed by atoms with van der Waals surface area (Å²) < 4.78 is 0. The fourth-order valence-corrected chi connectivity index (χ4v) is 3.66. The Morgan fingerprint density at radius 3 is 2.46 bits per heavy atom. The Kier molecular flexibility index (Phi) is 3.63. The normalized spacial score (nSPS) is 10.9. The molecule has 4 nitrogen and oxygen atoms in total. The number of nitrogens with two attached hydrogens (primary N) is 1. The van der Waals surface area contributed by atoms with Crippen molar-refractivity contribution in [2.75, 3.05) is 11.1 Å². The number of nitrogens with zero attached hydrogens (tertiary/aromatic N) is 2. The molecule has 3 N–H and O–H groups in total. The molecule has 2 heterocycles. The molecular formula is C19H16N4S. The molecule has 24 heavy (non-hydrogen) atoms. The molecule has 0 unspecified atom stereocenters. The van der Waals surface area contributed by atoms with Crippen LogP contribution >= 0.6 is 11.3 Å². The van der Waals surface area contributed by atoms with Gasteiger partial charge in [0, 0.05) is 22.3 Å². The smallest absolute Gasteiger partial charge is 0.143 e. The van der Waals surface area contributed by atoms with E-state index in [1.54, 1.807) is 11.3 Å². The van der Waals surface area contributed by atoms with Gasteiger partial charge in [0.25, 0.3) is 0 Å². The first-order valence-electron chi connectivity index (χ1n) is 7.64. The molecule has 0 aliphatic rings. The topological polar surface area (TPSA) is 63.8 Å². The van der Waals surface area contributed by atoms with Crippen LogP contribution in [-0.4, -0.2) is 9.97 Å². The summed E-state index contributed by atoms with van der Waals surface area (Å²) in [6.07, 6.45) is 0. The molecule has 2 aromatic carbocycles. The van der Waals surface area contributed by atoms with E-state index < -0.39 is 0 Å². The maximum atomic E-state index is 5.77. The second-order valence-electron chi connectivity index (χ2n) is 5.56. The van der Waals surface area contributed by atoms with Gasteiger partial charge in [-0.05, 0) is 36.8 Å². The van der Waals surface area contributed by atoms with Crippen LogP contribution in [0.15, 0.2) is 60.0 Å². The van der Waals surface area contributed by atoms with Gasteiger partial charge in [0.1, 0.15) is 16.5 Å². The van der Waals surface area contributed by atoms with Gasteiger partial charge >= 0.3 is 0 Å². The van der Waals surface area contributed by atoms with E-state index in [9.17, 15) is 0 Å². The highest BCUT2D eigenvalue weighted by molar-refractivity contribution is 7.17. The monoisotopic (exact) mass is 332 g/mol. The van der Waals surface area contributed by atoms with Gasteiger partial charge in [-0.15, -0.1) is 11.3 Å². The molecule has 4 rings (SSSR count). The second-order valence-corrected chi connectivity index (χ2v) is 6.42. The highest BCUT2D eigenvalue weighted by atomic mass is 32.1. The zero-order valence-electron chi connectivity index (χ0n) is 13.2. The molecular weight excluding hydrogens is 316 g/mol. The lowest BCUT2D eigenvalue weighted by Gasteiger charge is -2.10. The van der Waals surface area contributed by atoms with Crippen molar-refractivity contribution in [2.24, 2.45) is 0 Å². The predicted molar refractivity (Wildman–Crippen MR) is 102 cm³/mol. The van der Waals surface area contributed by atoms with Gasteiger partial charge in [-0.25, -0.2) is 9.97 Å². The molecule has 0 fully saturated rings. The average Bonchev–Trinajstić information content (AvgIpc) is 3.01. The summed E-state index contributed by atoms with van der Waals surface area (Å²) in [5, 5.41) is 6.60. The lowest BCUT2D eigenvalue weighted by atomic mass is 10.1. The van der Waals surface area contributed by atoms with Gasteiger partial charge in [0.05, 0.1) is 5.39 Å². The molecule has 0 spiro atoms. The van der Waals surface area contributed by atoms with Crippen molar-refractivity contribution in [1.29, 1.82) is 0 Å². The molecule has 0 atom stereocenters. The zero-order chi connectivity index (χ0) is 16.5. The molecule has 0 amide bonds. The van der Waals surface area contributed by atoms with Crippen molar-refractivity contribution < 1.29 is 0 Å². The molecule has 0 bridgehead atoms. The van der Waals surface area contributed by atoms with E-state index in [4.69, 9.17) is 5.73 Å². The van der Waals surface area contributed by atoms with Crippen LogP contribution in [0.4, 0.5) is 17.2 Å². The number of hydrogen-bond acceptors (Lipinski definition) is 5. The van der Waals surface area contributed by atoms with E-state index >= 15 is 0 Å². The molecule has 0 aliphatic carbocycles. The van der Waals surface area contributed by atoms with Crippen LogP contribution in [0, 0.1) is 6.92 Å². The molecule has 0 aliphatic heterocycles. The van der Waals surface area contributed by atoms with Crippen molar-refractivity contribution in [1.82, 2.24) is 9.97 Å². The summed E-state index contributed by atoms with van der Waals surface area (Å²) in [7, 11) is 0. The minimum Gasteiger partial charge on any atom is -0.399 e. The van der Waals surface area contributed by atoms with Crippen LogP contribution in [0.1, 0.15) is 5.82 Å². The maximum Gasteiger partial charge on any atom is 0.143 e. The van der Waals surface area contributed by atoms with Crippen molar-refractivity contribution >= 4 is 38.7 Å². The molecule has 118 valence electrons. The Morgan fingerprint density at radius 2 is 1.71 bits per heavy atom. The number of rotatable bonds is 3. The Morgan fingerprint density at radius 1 is 0.958 bits per heavy atom. The number of thiophene rings is 1. The number of nitrogens with one attached hydrogen (secondary N) is 1. The summed E-state index contributed by atoms with van der Waals surface area (Å²) in [4.78, 5) is 10.2. The lowest BCUT2D eigenvalue weighted by molar-refractivity contribution is 1.10. The van der Waals surface area contributed by atoms with Gasteiger partial charge in [-0.3, -0.25) is 0 Å². The van der Waals surface area contributed by atoms with E-state index in [1.165, 1.54) is 0 Å². The average molecular weight is 332 g/mol. The van der Waals surface area contributed by atoms with Gasteiger partial charge < -0.3 is 11.1 Å². The number of aryl methyl sites for hydroxylation is 1. The summed E-state index contributed by atoms with van der Waals surface area (Å²) >= 11 is 1.64.